The van der Waals surface area contributed by atoms with Crippen LogP contribution in [-0.2, 0) is 11.3 Å². The average molecular weight is 272 g/mol. The second kappa shape index (κ2) is 4.34. The molecule has 3 rings (SSSR count). The van der Waals surface area contributed by atoms with E-state index in [9.17, 15) is 0 Å². The van der Waals surface area contributed by atoms with Gasteiger partial charge in [-0.05, 0) is 51.1 Å². The van der Waals surface area contributed by atoms with Gasteiger partial charge in [0.1, 0.15) is 0 Å². The maximum Gasteiger partial charge on any atom is 0.0841 e. The summed E-state index contributed by atoms with van der Waals surface area (Å²) in [5.74, 6) is 0. The number of aromatic nitrogens is 1. The van der Waals surface area contributed by atoms with Gasteiger partial charge in [0.15, 0.2) is 0 Å². The van der Waals surface area contributed by atoms with Crippen molar-refractivity contribution in [3.8, 4) is 0 Å². The number of nitrogens with zero attached hydrogens (tertiary/aromatic N) is 1. The van der Waals surface area contributed by atoms with Gasteiger partial charge in [-0.1, -0.05) is 18.2 Å². The zero-order valence-corrected chi connectivity index (χ0v) is 12.8. The second-order valence-corrected chi connectivity index (χ2v) is 6.97. The van der Waals surface area contributed by atoms with Crippen LogP contribution in [0, 0.1) is 0 Å². The molecule has 1 aliphatic rings. The number of nitrogens with two attached hydrogens (primary N) is 1. The number of benzene rings is 1. The number of hydrogen-bond acceptors (Lipinski definition) is 2. The van der Waals surface area contributed by atoms with Crippen LogP contribution in [-0.4, -0.2) is 15.8 Å². The monoisotopic (exact) mass is 272 g/mol. The van der Waals surface area contributed by atoms with Gasteiger partial charge in [0.2, 0.25) is 0 Å². The van der Waals surface area contributed by atoms with Crippen molar-refractivity contribution in [3.05, 3.63) is 36.0 Å². The molecule has 0 saturated carbocycles. The third-order valence-electron chi connectivity index (χ3n) is 4.41. The van der Waals surface area contributed by atoms with Gasteiger partial charge in [-0.15, -0.1) is 0 Å². The quantitative estimate of drug-likeness (QED) is 0.907. The van der Waals surface area contributed by atoms with E-state index < -0.39 is 0 Å². The normalized spacial score (nSPS) is 24.4. The Kier molecular flexibility index (Phi) is 2.96. The van der Waals surface area contributed by atoms with E-state index in [1.54, 1.807) is 0 Å². The van der Waals surface area contributed by atoms with Crippen LogP contribution in [0.2, 0.25) is 0 Å². The Bertz CT molecular complexity index is 639. The summed E-state index contributed by atoms with van der Waals surface area (Å²) < 4.78 is 8.61. The lowest BCUT2D eigenvalue weighted by Crippen LogP contribution is -2.31. The lowest BCUT2D eigenvalue weighted by molar-refractivity contribution is -0.0726. The maximum atomic E-state index is 6.24. The van der Waals surface area contributed by atoms with Gasteiger partial charge in [0, 0.05) is 12.7 Å². The van der Waals surface area contributed by atoms with Crippen molar-refractivity contribution in [2.75, 3.05) is 0 Å². The first-order valence-electron chi connectivity index (χ1n) is 7.33. The molecule has 0 bridgehead atoms. The summed E-state index contributed by atoms with van der Waals surface area (Å²) in [6.07, 6.45) is 3.20. The van der Waals surface area contributed by atoms with Crippen LogP contribution >= 0.6 is 0 Å². The van der Waals surface area contributed by atoms with Gasteiger partial charge in [-0.3, -0.25) is 0 Å². The average Bonchev–Trinajstić information content (AvgIpc) is 2.86. The fourth-order valence-corrected chi connectivity index (χ4v) is 3.69. The van der Waals surface area contributed by atoms with Crippen LogP contribution in [0.25, 0.3) is 10.9 Å². The summed E-state index contributed by atoms with van der Waals surface area (Å²) in [5.41, 5.74) is 8.13. The zero-order valence-electron chi connectivity index (χ0n) is 12.8. The molecule has 1 saturated heterocycles. The first-order chi connectivity index (χ1) is 9.34. The molecule has 1 aliphatic heterocycles. The second-order valence-electron chi connectivity index (χ2n) is 6.97. The molecule has 1 atom stereocenters. The van der Waals surface area contributed by atoms with Crippen molar-refractivity contribution < 1.29 is 4.74 Å². The minimum Gasteiger partial charge on any atom is -0.367 e. The molecule has 3 nitrogen and oxygen atoms in total. The lowest BCUT2D eigenvalue weighted by atomic mass is 9.94. The molecule has 0 spiro atoms. The standard InChI is InChI=1S/C17H24N2O/c1-16(2)10-14(17(3,4)20-16)19-9-8-12-6-5-7-13(11-18)15(12)19/h5-9,14H,10-11,18H2,1-4H3. The molecule has 2 heterocycles. The van der Waals surface area contributed by atoms with Gasteiger partial charge in [-0.25, -0.2) is 0 Å². The fraction of sp³-hybridized carbons (Fsp3) is 0.529. The highest BCUT2D eigenvalue weighted by molar-refractivity contribution is 5.83. The van der Waals surface area contributed by atoms with Crippen molar-refractivity contribution in [2.24, 2.45) is 5.73 Å². The molecule has 3 heteroatoms. The van der Waals surface area contributed by atoms with E-state index in [4.69, 9.17) is 10.5 Å². The molecule has 1 fully saturated rings. The van der Waals surface area contributed by atoms with Gasteiger partial charge >= 0.3 is 0 Å². The predicted molar refractivity (Wildman–Crippen MR) is 82.7 cm³/mol. The molecule has 1 aromatic carbocycles. The number of rotatable bonds is 2. The van der Waals surface area contributed by atoms with Crippen LogP contribution < -0.4 is 5.73 Å². The summed E-state index contributed by atoms with van der Waals surface area (Å²) in [5, 5.41) is 1.26. The third kappa shape index (κ3) is 2.05. The van der Waals surface area contributed by atoms with E-state index in [1.165, 1.54) is 16.5 Å². The molecule has 1 unspecified atom stereocenters. The van der Waals surface area contributed by atoms with Gasteiger partial charge in [-0.2, -0.15) is 0 Å². The number of para-hydroxylation sites is 1. The number of ether oxygens (including phenoxy) is 1. The van der Waals surface area contributed by atoms with Crippen LogP contribution in [0.5, 0.6) is 0 Å². The highest BCUT2D eigenvalue weighted by Gasteiger charge is 2.47. The maximum absolute atomic E-state index is 6.24. The summed E-state index contributed by atoms with van der Waals surface area (Å²) in [6, 6.07) is 8.86. The molecule has 108 valence electrons. The highest BCUT2D eigenvalue weighted by atomic mass is 16.5. The predicted octanol–water partition coefficient (Wildman–Crippen LogP) is 3.62. The fourth-order valence-electron chi connectivity index (χ4n) is 3.69. The van der Waals surface area contributed by atoms with Crippen molar-refractivity contribution in [1.82, 2.24) is 4.57 Å². The van der Waals surface area contributed by atoms with Crippen molar-refractivity contribution in [2.45, 2.75) is 57.9 Å². The molecule has 20 heavy (non-hydrogen) atoms. The third-order valence-corrected chi connectivity index (χ3v) is 4.41. The molecule has 2 aromatic rings. The minimum atomic E-state index is -0.169. The topological polar surface area (TPSA) is 40.2 Å². The van der Waals surface area contributed by atoms with Gasteiger partial charge in [0.25, 0.3) is 0 Å². The summed E-state index contributed by atoms with van der Waals surface area (Å²) in [4.78, 5) is 0. The molecular weight excluding hydrogens is 248 g/mol. The Morgan fingerprint density at radius 2 is 2.00 bits per heavy atom. The smallest absolute Gasteiger partial charge is 0.0841 e. The van der Waals surface area contributed by atoms with E-state index in [2.05, 4.69) is 62.7 Å². The number of fused-ring (bicyclic) bond motifs is 1. The highest BCUT2D eigenvalue weighted by Crippen LogP contribution is 2.46. The summed E-state index contributed by atoms with van der Waals surface area (Å²) in [6.45, 7) is 9.28. The van der Waals surface area contributed by atoms with Gasteiger partial charge < -0.3 is 15.0 Å². The Morgan fingerprint density at radius 1 is 1.25 bits per heavy atom. The van der Waals surface area contributed by atoms with E-state index in [-0.39, 0.29) is 11.2 Å². The SMILES string of the molecule is CC1(C)CC(n2ccc3cccc(CN)c32)C(C)(C)O1. The molecular formula is C17H24N2O. The minimum absolute atomic E-state index is 0.0809. The van der Waals surface area contributed by atoms with E-state index in [0.717, 1.165) is 6.42 Å². The van der Waals surface area contributed by atoms with Crippen LogP contribution in [0.15, 0.2) is 30.5 Å². The summed E-state index contributed by atoms with van der Waals surface area (Å²) >= 11 is 0. The van der Waals surface area contributed by atoms with E-state index >= 15 is 0 Å². The van der Waals surface area contributed by atoms with E-state index in [1.807, 2.05) is 0 Å². The van der Waals surface area contributed by atoms with Crippen LogP contribution in [0.4, 0.5) is 0 Å². The van der Waals surface area contributed by atoms with Crippen molar-refractivity contribution >= 4 is 10.9 Å². The Balaban J connectivity index is 2.16. The Hall–Kier alpha value is -1.32. The van der Waals surface area contributed by atoms with Crippen molar-refractivity contribution in [1.29, 1.82) is 0 Å². The first-order valence-corrected chi connectivity index (χ1v) is 7.33. The molecule has 0 radical (unpaired) electrons. The zero-order chi connectivity index (χ0) is 14.5. The van der Waals surface area contributed by atoms with Crippen LogP contribution in [0.1, 0.15) is 45.7 Å². The lowest BCUT2D eigenvalue weighted by Gasteiger charge is -2.29. The number of hydrogen-bond donors (Lipinski definition) is 1. The summed E-state index contributed by atoms with van der Waals surface area (Å²) in [7, 11) is 0. The molecule has 0 amide bonds. The Labute approximate surface area is 120 Å². The molecule has 1 aromatic heterocycles. The van der Waals surface area contributed by atoms with Gasteiger partial charge in [0.05, 0.1) is 22.8 Å². The largest absolute Gasteiger partial charge is 0.367 e. The van der Waals surface area contributed by atoms with Crippen molar-refractivity contribution in [3.63, 3.8) is 0 Å². The van der Waals surface area contributed by atoms with Crippen LogP contribution in [0.3, 0.4) is 0 Å². The Morgan fingerprint density at radius 3 is 2.60 bits per heavy atom. The first kappa shape index (κ1) is 13.7. The van der Waals surface area contributed by atoms with E-state index in [0.29, 0.717) is 12.6 Å². The molecule has 0 aliphatic carbocycles. The molecule has 2 N–H and O–H groups in total.